The molecular formula is C9H13NO3. The molecule has 2 saturated heterocycles. The molecule has 3 rings (SSSR count). The molecule has 1 amide bonds. The maximum absolute atomic E-state index is 11.1. The second-order valence-corrected chi connectivity index (χ2v) is 4.00. The summed E-state index contributed by atoms with van der Waals surface area (Å²) in [7, 11) is 0. The van der Waals surface area contributed by atoms with Crippen molar-refractivity contribution in [1.29, 1.82) is 0 Å². The Kier molecular flexibility index (Phi) is 1.78. The molecule has 13 heavy (non-hydrogen) atoms. The molecule has 0 radical (unpaired) electrons. The number of nitrogens with zero attached hydrogens (tertiary/aromatic N) is 1. The highest BCUT2D eigenvalue weighted by Gasteiger charge is 2.48. The number of aliphatic carboxylic acids is 1. The van der Waals surface area contributed by atoms with Gasteiger partial charge in [-0.2, -0.15) is 0 Å². The molecule has 0 spiro atoms. The van der Waals surface area contributed by atoms with Gasteiger partial charge in [0.15, 0.2) is 0 Å². The van der Waals surface area contributed by atoms with E-state index in [0.29, 0.717) is 18.5 Å². The smallest absolute Gasteiger partial charge is 0.308 e. The number of carbonyl (C=O) groups excluding carboxylic acids is 1. The van der Waals surface area contributed by atoms with Crippen LogP contribution in [0.5, 0.6) is 0 Å². The van der Waals surface area contributed by atoms with Crippen LogP contribution in [0.25, 0.3) is 0 Å². The fourth-order valence-corrected chi connectivity index (χ4v) is 2.39. The van der Waals surface area contributed by atoms with E-state index < -0.39 is 5.97 Å². The highest BCUT2D eigenvalue weighted by molar-refractivity contribution is 5.77. The van der Waals surface area contributed by atoms with Crippen molar-refractivity contribution in [1.82, 2.24) is 4.90 Å². The topological polar surface area (TPSA) is 57.6 Å². The zero-order chi connectivity index (χ0) is 9.59. The van der Waals surface area contributed by atoms with E-state index in [1.54, 1.807) is 4.90 Å². The second kappa shape index (κ2) is 2.72. The summed E-state index contributed by atoms with van der Waals surface area (Å²) < 4.78 is 0. The van der Waals surface area contributed by atoms with Gasteiger partial charge in [0, 0.05) is 19.5 Å². The molecule has 2 aliphatic heterocycles. The number of rotatable bonds is 1. The molecule has 4 nitrogen and oxygen atoms in total. The third-order valence-corrected chi connectivity index (χ3v) is 3.27. The standard InChI is InChI=1S/C9H13NO3/c1-5(11)10-4-8(9(12)13)6-2-7(10)3-6/h6-8H,2-4H2,1H3,(H,12,13). The zero-order valence-corrected chi connectivity index (χ0v) is 7.56. The Bertz CT molecular complexity index is 234. The summed E-state index contributed by atoms with van der Waals surface area (Å²) in [5.74, 6) is -0.754. The zero-order valence-electron chi connectivity index (χ0n) is 7.56. The van der Waals surface area contributed by atoms with Crippen LogP contribution in [0.4, 0.5) is 0 Å². The van der Waals surface area contributed by atoms with Gasteiger partial charge in [0.05, 0.1) is 5.92 Å². The van der Waals surface area contributed by atoms with Crippen molar-refractivity contribution in [2.45, 2.75) is 25.8 Å². The lowest BCUT2D eigenvalue weighted by Crippen LogP contribution is -2.59. The molecule has 72 valence electrons. The van der Waals surface area contributed by atoms with Crippen molar-refractivity contribution in [3.63, 3.8) is 0 Å². The maximum Gasteiger partial charge on any atom is 0.308 e. The lowest BCUT2D eigenvalue weighted by molar-refractivity contribution is -0.158. The van der Waals surface area contributed by atoms with E-state index in [1.165, 1.54) is 6.92 Å². The maximum atomic E-state index is 11.1. The molecule has 1 N–H and O–H groups in total. The molecule has 0 aromatic heterocycles. The Morgan fingerprint density at radius 1 is 1.38 bits per heavy atom. The quantitative estimate of drug-likeness (QED) is 0.637. The predicted molar refractivity (Wildman–Crippen MR) is 45.0 cm³/mol. The molecule has 0 aromatic rings. The molecule has 1 unspecified atom stereocenters. The van der Waals surface area contributed by atoms with E-state index in [4.69, 9.17) is 5.11 Å². The first-order valence-corrected chi connectivity index (χ1v) is 4.59. The van der Waals surface area contributed by atoms with E-state index in [0.717, 1.165) is 12.8 Å². The number of amides is 1. The molecule has 2 bridgehead atoms. The van der Waals surface area contributed by atoms with Crippen LogP contribution in [0.3, 0.4) is 0 Å². The molecular weight excluding hydrogens is 170 g/mol. The Morgan fingerprint density at radius 3 is 2.46 bits per heavy atom. The Morgan fingerprint density at radius 2 is 2.00 bits per heavy atom. The molecule has 0 aromatic carbocycles. The molecule has 4 heteroatoms. The number of carboxylic acids is 1. The van der Waals surface area contributed by atoms with Crippen LogP contribution in [0.1, 0.15) is 19.8 Å². The summed E-state index contributed by atoms with van der Waals surface area (Å²) in [6.07, 6.45) is 1.77. The Hall–Kier alpha value is -1.06. The van der Waals surface area contributed by atoms with E-state index in [1.807, 2.05) is 0 Å². The van der Waals surface area contributed by atoms with Gasteiger partial charge in [0.1, 0.15) is 0 Å². The average molecular weight is 183 g/mol. The first-order valence-electron chi connectivity index (χ1n) is 4.59. The number of carbonyl (C=O) groups is 2. The van der Waals surface area contributed by atoms with Crippen LogP contribution in [-0.2, 0) is 9.59 Å². The van der Waals surface area contributed by atoms with Crippen LogP contribution >= 0.6 is 0 Å². The number of hydrogen-bond acceptors (Lipinski definition) is 2. The molecule has 3 fully saturated rings. The largest absolute Gasteiger partial charge is 0.481 e. The van der Waals surface area contributed by atoms with Gasteiger partial charge in [-0.05, 0) is 18.8 Å². The van der Waals surface area contributed by atoms with Crippen molar-refractivity contribution in [2.75, 3.05) is 6.54 Å². The minimum atomic E-state index is -0.755. The molecule has 1 aliphatic carbocycles. The van der Waals surface area contributed by atoms with E-state index in [-0.39, 0.29) is 11.8 Å². The summed E-state index contributed by atoms with van der Waals surface area (Å²) in [4.78, 5) is 23.7. The van der Waals surface area contributed by atoms with Gasteiger partial charge in [-0.25, -0.2) is 0 Å². The van der Waals surface area contributed by atoms with Gasteiger partial charge >= 0.3 is 5.97 Å². The first-order chi connectivity index (χ1) is 6.09. The highest BCUT2D eigenvalue weighted by atomic mass is 16.4. The second-order valence-electron chi connectivity index (χ2n) is 4.00. The minimum absolute atomic E-state index is 0.00870. The van der Waals surface area contributed by atoms with Gasteiger partial charge in [-0.3, -0.25) is 9.59 Å². The lowest BCUT2D eigenvalue weighted by Gasteiger charge is -2.51. The van der Waals surface area contributed by atoms with Crippen molar-refractivity contribution < 1.29 is 14.7 Å². The normalized spacial score (nSPS) is 36.7. The summed E-state index contributed by atoms with van der Waals surface area (Å²) >= 11 is 0. The van der Waals surface area contributed by atoms with E-state index in [9.17, 15) is 9.59 Å². The van der Waals surface area contributed by atoms with Gasteiger partial charge in [-0.1, -0.05) is 0 Å². The average Bonchev–Trinajstić information content (AvgIpc) is 2.01. The third-order valence-electron chi connectivity index (χ3n) is 3.27. The van der Waals surface area contributed by atoms with Gasteiger partial charge in [-0.15, -0.1) is 0 Å². The fourth-order valence-electron chi connectivity index (χ4n) is 2.39. The Labute approximate surface area is 76.5 Å². The fraction of sp³-hybridized carbons (Fsp3) is 0.778. The van der Waals surface area contributed by atoms with Crippen molar-refractivity contribution in [2.24, 2.45) is 11.8 Å². The molecule has 3 aliphatic rings. The molecule has 1 saturated carbocycles. The predicted octanol–water partition coefficient (Wildman–Crippen LogP) is 0.328. The molecule has 2 heterocycles. The van der Waals surface area contributed by atoms with Gasteiger partial charge in [0.25, 0.3) is 0 Å². The number of piperidine rings is 2. The SMILES string of the molecule is CC(=O)N1CC(C(=O)O)C2CC1C2. The summed E-state index contributed by atoms with van der Waals surface area (Å²) in [6.45, 7) is 1.93. The number of fused-ring (bicyclic) bond motifs is 2. The minimum Gasteiger partial charge on any atom is -0.481 e. The number of hydrogen-bond donors (Lipinski definition) is 1. The van der Waals surface area contributed by atoms with Crippen LogP contribution in [0.15, 0.2) is 0 Å². The third kappa shape index (κ3) is 1.20. The Balaban J connectivity index is 2.10. The van der Waals surface area contributed by atoms with Crippen LogP contribution in [0.2, 0.25) is 0 Å². The van der Waals surface area contributed by atoms with Gasteiger partial charge in [0.2, 0.25) is 5.91 Å². The summed E-state index contributed by atoms with van der Waals surface area (Å²) in [5.41, 5.74) is 0. The van der Waals surface area contributed by atoms with Crippen molar-refractivity contribution in [3.05, 3.63) is 0 Å². The van der Waals surface area contributed by atoms with Crippen molar-refractivity contribution in [3.8, 4) is 0 Å². The number of carboxylic acid groups (broad SMARTS) is 1. The van der Waals surface area contributed by atoms with Crippen molar-refractivity contribution >= 4 is 11.9 Å². The summed E-state index contributed by atoms with van der Waals surface area (Å²) in [6, 6.07) is 0.332. The molecule has 1 atom stereocenters. The van der Waals surface area contributed by atoms with E-state index >= 15 is 0 Å². The van der Waals surface area contributed by atoms with Crippen LogP contribution in [0, 0.1) is 11.8 Å². The monoisotopic (exact) mass is 183 g/mol. The first kappa shape index (κ1) is 8.53. The lowest BCUT2D eigenvalue weighted by atomic mass is 9.67. The van der Waals surface area contributed by atoms with Crippen LogP contribution in [-0.4, -0.2) is 34.5 Å². The highest BCUT2D eigenvalue weighted by Crippen LogP contribution is 2.43. The van der Waals surface area contributed by atoms with Gasteiger partial charge < -0.3 is 10.0 Å². The van der Waals surface area contributed by atoms with Crippen LogP contribution < -0.4 is 0 Å². The van der Waals surface area contributed by atoms with E-state index in [2.05, 4.69) is 0 Å². The summed E-state index contributed by atoms with van der Waals surface area (Å²) in [5, 5.41) is 8.89.